The number of fused-ring (bicyclic) bond motifs is 1. The molecule has 1 heterocycles. The molecule has 0 fully saturated rings. The number of aromatic hydroxyl groups is 1. The van der Waals surface area contributed by atoms with Gasteiger partial charge in [0.05, 0.1) is 41.4 Å². The van der Waals surface area contributed by atoms with Crippen LogP contribution in [0, 0.1) is 6.92 Å². The molecule has 1 aliphatic heterocycles. The topological polar surface area (TPSA) is 163 Å². The molecule has 0 spiro atoms. The molecule has 4 rings (SSSR count). The summed E-state index contributed by atoms with van der Waals surface area (Å²) in [4.78, 5) is 39.2. The third-order valence-corrected chi connectivity index (χ3v) is 6.91. The number of phenols is 1. The van der Waals surface area contributed by atoms with Gasteiger partial charge in [-0.3, -0.25) is 14.5 Å². The molecule has 0 unspecified atom stereocenters. The van der Waals surface area contributed by atoms with E-state index in [2.05, 4.69) is 10.2 Å². The van der Waals surface area contributed by atoms with Crippen LogP contribution in [0.1, 0.15) is 48.2 Å². The maximum atomic E-state index is 13.6. The number of sulfone groups is 1. The minimum Gasteiger partial charge on any atom is -0.507 e. The Morgan fingerprint density at radius 1 is 1.05 bits per heavy atom. The maximum absolute atomic E-state index is 13.6. The molecule has 0 bridgehead atoms. The molecule has 0 radical (unpaired) electrons. The molecule has 38 heavy (non-hydrogen) atoms. The number of imide groups is 1. The summed E-state index contributed by atoms with van der Waals surface area (Å²) in [5, 5.41) is 26.9. The van der Waals surface area contributed by atoms with Crippen LogP contribution in [-0.4, -0.2) is 60.4 Å². The van der Waals surface area contributed by atoms with Gasteiger partial charge in [-0.2, -0.15) is 5.11 Å². The fourth-order valence-electron chi connectivity index (χ4n) is 4.24. The van der Waals surface area contributed by atoms with E-state index < -0.39 is 45.2 Å². The third-order valence-electron chi connectivity index (χ3n) is 5.98. The molecule has 196 valence electrons. The highest BCUT2D eigenvalue weighted by Gasteiger charge is 2.43. The molecule has 1 atom stereocenters. The molecule has 3 aromatic carbocycles. The van der Waals surface area contributed by atoms with Crippen molar-refractivity contribution in [1.82, 2.24) is 4.90 Å². The number of benzene rings is 3. The van der Waals surface area contributed by atoms with Crippen molar-refractivity contribution < 1.29 is 37.8 Å². The molecule has 3 aromatic rings. The number of carboxylic acids is 1. The lowest BCUT2D eigenvalue weighted by atomic mass is 10.0. The smallest absolute Gasteiger partial charge is 0.339 e. The summed E-state index contributed by atoms with van der Waals surface area (Å²) in [7, 11) is -2.13. The summed E-state index contributed by atoms with van der Waals surface area (Å²) in [5.74, 6) is -3.15. The predicted molar refractivity (Wildman–Crippen MR) is 136 cm³/mol. The number of carboxylic acid groups (broad SMARTS) is 1. The summed E-state index contributed by atoms with van der Waals surface area (Å²) >= 11 is 0. The standard InChI is InChI=1S/C26H23N3O8S/c1-14-11-15(7-10-22(14)37-2)20(13-38(3,35)36)29-24(31)17-5-4-6-19(23(17)25(29)32)28-27-16-8-9-21(30)18(12-16)26(33)34/h4-12,20,30H,13H2,1-3H3,(H,33,34)/t20-/m1/s1. The first-order valence-electron chi connectivity index (χ1n) is 11.2. The van der Waals surface area contributed by atoms with Gasteiger partial charge in [-0.05, 0) is 54.4 Å². The normalized spacial score (nSPS) is 14.1. The molecule has 2 amide bonds. The molecule has 0 aromatic heterocycles. The van der Waals surface area contributed by atoms with Crippen molar-refractivity contribution in [2.75, 3.05) is 19.1 Å². The number of hydrogen-bond donors (Lipinski definition) is 2. The molecule has 0 saturated carbocycles. The Morgan fingerprint density at radius 2 is 1.79 bits per heavy atom. The number of hydrogen-bond acceptors (Lipinski definition) is 9. The SMILES string of the molecule is COc1ccc([C@@H](CS(C)(=O)=O)N2C(=O)c3cccc(N=Nc4ccc(O)c(C(=O)O)c4)c3C2=O)cc1C. The van der Waals surface area contributed by atoms with E-state index in [4.69, 9.17) is 4.74 Å². The second-order valence-corrected chi connectivity index (χ2v) is 10.9. The molecule has 1 aliphatic rings. The van der Waals surface area contributed by atoms with E-state index in [0.29, 0.717) is 16.9 Å². The number of nitrogens with zero attached hydrogens (tertiary/aromatic N) is 3. The Balaban J connectivity index is 1.76. The van der Waals surface area contributed by atoms with Gasteiger partial charge in [0.25, 0.3) is 11.8 Å². The average molecular weight is 538 g/mol. The fraction of sp³-hybridized carbons (Fsp3) is 0.192. The van der Waals surface area contributed by atoms with Gasteiger partial charge in [0, 0.05) is 6.26 Å². The van der Waals surface area contributed by atoms with E-state index >= 15 is 0 Å². The summed E-state index contributed by atoms with van der Waals surface area (Å²) < 4.78 is 29.9. The largest absolute Gasteiger partial charge is 0.507 e. The van der Waals surface area contributed by atoms with Gasteiger partial charge in [0.15, 0.2) is 0 Å². The minimum atomic E-state index is -3.63. The first kappa shape index (κ1) is 26.5. The zero-order valence-electron chi connectivity index (χ0n) is 20.6. The van der Waals surface area contributed by atoms with E-state index in [0.717, 1.165) is 23.3 Å². The van der Waals surface area contributed by atoms with Crippen LogP contribution in [0.2, 0.25) is 0 Å². The van der Waals surface area contributed by atoms with Gasteiger partial charge in [-0.1, -0.05) is 18.2 Å². The zero-order valence-corrected chi connectivity index (χ0v) is 21.4. The minimum absolute atomic E-state index is 0.0344. The Morgan fingerprint density at radius 3 is 2.42 bits per heavy atom. The van der Waals surface area contributed by atoms with Crippen LogP contribution in [0.25, 0.3) is 0 Å². The lowest BCUT2D eigenvalue weighted by Gasteiger charge is -2.26. The monoisotopic (exact) mass is 537 g/mol. The van der Waals surface area contributed by atoms with E-state index in [1.807, 2.05) is 0 Å². The zero-order chi connectivity index (χ0) is 27.8. The highest BCUT2D eigenvalue weighted by atomic mass is 32.2. The number of carbonyl (C=O) groups excluding carboxylic acids is 2. The number of carbonyl (C=O) groups is 3. The number of amides is 2. The Kier molecular flexibility index (Phi) is 7.01. The fourth-order valence-corrected chi connectivity index (χ4v) is 5.15. The Labute approximate surface area is 217 Å². The van der Waals surface area contributed by atoms with Gasteiger partial charge < -0.3 is 14.9 Å². The predicted octanol–water partition coefficient (Wildman–Crippen LogP) is 4.20. The van der Waals surface area contributed by atoms with Crippen molar-refractivity contribution in [3.05, 3.63) is 82.4 Å². The van der Waals surface area contributed by atoms with Gasteiger partial charge in [-0.15, -0.1) is 5.11 Å². The summed E-state index contributed by atoms with van der Waals surface area (Å²) in [6, 6.07) is 11.8. The summed E-state index contributed by atoms with van der Waals surface area (Å²) in [5.41, 5.74) is 0.873. The van der Waals surface area contributed by atoms with Crippen molar-refractivity contribution >= 4 is 39.0 Å². The molecule has 0 saturated heterocycles. The summed E-state index contributed by atoms with van der Waals surface area (Å²) in [6.45, 7) is 1.76. The molecule has 11 nitrogen and oxygen atoms in total. The van der Waals surface area contributed by atoms with Crippen molar-refractivity contribution in [3.63, 3.8) is 0 Å². The van der Waals surface area contributed by atoms with E-state index in [1.54, 1.807) is 25.1 Å². The number of azo groups is 1. The van der Waals surface area contributed by atoms with Crippen LogP contribution in [0.15, 0.2) is 64.8 Å². The first-order valence-corrected chi connectivity index (χ1v) is 13.3. The van der Waals surface area contributed by atoms with Crippen molar-refractivity contribution in [3.8, 4) is 11.5 Å². The lowest BCUT2D eigenvalue weighted by Crippen LogP contribution is -2.37. The number of rotatable bonds is 8. The number of methoxy groups -OCH3 is 1. The second kappa shape index (κ2) is 10.1. The molecule has 2 N–H and O–H groups in total. The number of aromatic carboxylic acids is 1. The van der Waals surface area contributed by atoms with Crippen LogP contribution in [0.4, 0.5) is 11.4 Å². The second-order valence-electron chi connectivity index (χ2n) is 8.72. The summed E-state index contributed by atoms with van der Waals surface area (Å²) in [6.07, 6.45) is 1.03. The van der Waals surface area contributed by atoms with E-state index in [1.165, 1.54) is 31.4 Å². The highest BCUT2D eigenvalue weighted by molar-refractivity contribution is 7.90. The van der Waals surface area contributed by atoms with Crippen LogP contribution >= 0.6 is 0 Å². The van der Waals surface area contributed by atoms with Crippen LogP contribution < -0.4 is 4.74 Å². The average Bonchev–Trinajstić information content (AvgIpc) is 3.11. The van der Waals surface area contributed by atoms with Crippen molar-refractivity contribution in [2.24, 2.45) is 10.2 Å². The van der Waals surface area contributed by atoms with Gasteiger partial charge >= 0.3 is 5.97 Å². The highest BCUT2D eigenvalue weighted by Crippen LogP contribution is 2.38. The molecular formula is C26H23N3O8S. The Hall–Kier alpha value is -4.58. The van der Waals surface area contributed by atoms with Crippen molar-refractivity contribution in [2.45, 2.75) is 13.0 Å². The quantitative estimate of drug-likeness (QED) is 0.319. The molecular weight excluding hydrogens is 514 g/mol. The number of aryl methyl sites for hydroxylation is 1. The van der Waals surface area contributed by atoms with E-state index in [9.17, 15) is 33.0 Å². The van der Waals surface area contributed by atoms with E-state index in [-0.39, 0.29) is 28.1 Å². The van der Waals surface area contributed by atoms with Crippen LogP contribution in [0.5, 0.6) is 11.5 Å². The molecule has 12 heteroatoms. The van der Waals surface area contributed by atoms with Gasteiger partial charge in [0.2, 0.25) is 0 Å². The van der Waals surface area contributed by atoms with Crippen molar-refractivity contribution in [1.29, 1.82) is 0 Å². The van der Waals surface area contributed by atoms with Gasteiger partial charge in [-0.25, -0.2) is 13.2 Å². The third kappa shape index (κ3) is 5.11. The van der Waals surface area contributed by atoms with Crippen LogP contribution in [-0.2, 0) is 9.84 Å². The first-order chi connectivity index (χ1) is 17.9. The number of ether oxygens (including phenoxy) is 1. The van der Waals surface area contributed by atoms with Crippen LogP contribution in [0.3, 0.4) is 0 Å². The lowest BCUT2D eigenvalue weighted by molar-refractivity contribution is 0.0596. The van der Waals surface area contributed by atoms with Gasteiger partial charge in [0.1, 0.15) is 26.9 Å². The molecule has 0 aliphatic carbocycles. The maximum Gasteiger partial charge on any atom is 0.339 e. The Bertz CT molecular complexity index is 1610.